The van der Waals surface area contributed by atoms with Gasteiger partial charge in [0, 0.05) is 0 Å². The number of aliphatic hydroxyl groups excluding tert-OH is 7. The Morgan fingerprint density at radius 2 is 0.983 bits per heavy atom. The first-order chi connectivity index (χ1) is 28.7. The number of rotatable bonds is 40. The fraction of sp³-hybridized carbons (Fsp3) is 0.896. The summed E-state index contributed by atoms with van der Waals surface area (Å²) in [5, 5.41) is 75.7. The molecule has 0 aromatic carbocycles. The number of aliphatic hydroxyl groups is 7. The number of unbranched alkanes of at least 4 members (excludes halogenated alkanes) is 24. The largest absolute Gasteiger partial charge is 0.394 e. The van der Waals surface area contributed by atoms with Crippen LogP contribution in [0.4, 0.5) is 0 Å². The number of hydrogen-bond acceptors (Lipinski definition) is 10. The Morgan fingerprint density at radius 3 is 1.44 bits per heavy atom. The summed E-state index contributed by atoms with van der Waals surface area (Å²) in [6.07, 6.45) is 30.7. The normalized spacial score (nSPS) is 21.9. The van der Waals surface area contributed by atoms with Gasteiger partial charge in [-0.3, -0.25) is 4.79 Å². The molecular weight excluding hydrogens is 751 g/mol. The molecule has 11 nitrogen and oxygen atoms in total. The van der Waals surface area contributed by atoms with Gasteiger partial charge in [0.15, 0.2) is 6.29 Å². The molecule has 1 fully saturated rings. The maximum atomic E-state index is 13.1. The summed E-state index contributed by atoms with van der Waals surface area (Å²) in [4.78, 5) is 13.1. The van der Waals surface area contributed by atoms with Crippen LogP contribution in [0.5, 0.6) is 0 Å². The van der Waals surface area contributed by atoms with Crippen LogP contribution in [0.25, 0.3) is 0 Å². The fourth-order valence-corrected chi connectivity index (χ4v) is 7.66. The van der Waals surface area contributed by atoms with Gasteiger partial charge in [0.05, 0.1) is 25.4 Å². The van der Waals surface area contributed by atoms with Crippen molar-refractivity contribution in [2.75, 3.05) is 13.2 Å². The first-order valence-corrected chi connectivity index (χ1v) is 24.2. The molecule has 0 unspecified atom stereocenters. The number of amides is 1. The summed E-state index contributed by atoms with van der Waals surface area (Å²) in [5.74, 6) is -0.703. The summed E-state index contributed by atoms with van der Waals surface area (Å²) in [7, 11) is 0. The summed E-state index contributed by atoms with van der Waals surface area (Å²) >= 11 is 0. The highest BCUT2D eigenvalue weighted by atomic mass is 16.7. The Kier molecular flexibility index (Phi) is 36.1. The van der Waals surface area contributed by atoms with Crippen molar-refractivity contribution < 1.29 is 50.0 Å². The van der Waals surface area contributed by atoms with E-state index >= 15 is 0 Å². The highest BCUT2D eigenvalue weighted by Gasteiger charge is 2.44. The third-order valence-electron chi connectivity index (χ3n) is 11.7. The Labute approximate surface area is 359 Å². The second-order valence-electron chi connectivity index (χ2n) is 17.2. The van der Waals surface area contributed by atoms with Gasteiger partial charge in [-0.25, -0.2) is 0 Å². The Morgan fingerprint density at radius 1 is 0.576 bits per heavy atom. The number of allylic oxidation sites excluding steroid dienone is 4. The van der Waals surface area contributed by atoms with Crippen LogP contribution in [0, 0.1) is 0 Å². The van der Waals surface area contributed by atoms with E-state index in [0.717, 1.165) is 51.4 Å². The number of nitrogens with one attached hydrogen (secondary N) is 1. The second-order valence-corrected chi connectivity index (χ2v) is 17.2. The zero-order chi connectivity index (χ0) is 43.4. The third-order valence-corrected chi connectivity index (χ3v) is 11.7. The summed E-state index contributed by atoms with van der Waals surface area (Å²) < 4.78 is 11.1. The van der Waals surface area contributed by atoms with Gasteiger partial charge >= 0.3 is 0 Å². The molecule has 0 bridgehead atoms. The van der Waals surface area contributed by atoms with E-state index in [9.17, 15) is 40.5 Å². The van der Waals surface area contributed by atoms with Crippen molar-refractivity contribution in [1.82, 2.24) is 5.32 Å². The number of carbonyl (C=O) groups excluding carboxylic acids is 1. The molecule has 0 radical (unpaired) electrons. The van der Waals surface area contributed by atoms with Crippen molar-refractivity contribution >= 4 is 5.91 Å². The predicted molar refractivity (Wildman–Crippen MR) is 238 cm³/mol. The minimum absolute atomic E-state index is 0.256. The van der Waals surface area contributed by atoms with Crippen LogP contribution in [0.3, 0.4) is 0 Å². The smallest absolute Gasteiger partial charge is 0.249 e. The Bertz CT molecular complexity index is 1010. The first kappa shape index (κ1) is 55.6. The van der Waals surface area contributed by atoms with Gasteiger partial charge in [0.1, 0.15) is 36.6 Å². The van der Waals surface area contributed by atoms with Crippen LogP contribution in [0.15, 0.2) is 24.3 Å². The van der Waals surface area contributed by atoms with E-state index in [1.807, 2.05) is 0 Å². The second kappa shape index (κ2) is 38.3. The Balaban J connectivity index is 2.43. The maximum Gasteiger partial charge on any atom is 0.249 e. The van der Waals surface area contributed by atoms with Crippen molar-refractivity contribution in [3.05, 3.63) is 24.3 Å². The molecule has 1 rings (SSSR count). The predicted octanol–water partition coefficient (Wildman–Crippen LogP) is 8.23. The van der Waals surface area contributed by atoms with E-state index in [4.69, 9.17) is 9.47 Å². The highest BCUT2D eigenvalue weighted by Crippen LogP contribution is 2.23. The molecule has 1 aliphatic heterocycles. The third kappa shape index (κ3) is 28.0. The molecule has 1 heterocycles. The molecule has 0 aromatic heterocycles. The number of carbonyl (C=O) groups is 1. The molecule has 9 atom stereocenters. The molecule has 0 aromatic rings. The van der Waals surface area contributed by atoms with Gasteiger partial charge in [0.25, 0.3) is 0 Å². The average molecular weight is 842 g/mol. The molecule has 8 N–H and O–H groups in total. The molecule has 0 spiro atoms. The molecule has 0 aliphatic carbocycles. The zero-order valence-corrected chi connectivity index (χ0v) is 37.5. The van der Waals surface area contributed by atoms with Crippen molar-refractivity contribution in [2.45, 2.75) is 262 Å². The lowest BCUT2D eigenvalue weighted by atomic mass is 9.98. The molecule has 348 valence electrons. The van der Waals surface area contributed by atoms with Crippen molar-refractivity contribution in [3.8, 4) is 0 Å². The fourth-order valence-electron chi connectivity index (χ4n) is 7.66. The first-order valence-electron chi connectivity index (χ1n) is 24.2. The van der Waals surface area contributed by atoms with Crippen molar-refractivity contribution in [3.63, 3.8) is 0 Å². The van der Waals surface area contributed by atoms with Crippen LogP contribution in [0.1, 0.15) is 206 Å². The van der Waals surface area contributed by atoms with Gasteiger partial charge in [0.2, 0.25) is 5.91 Å². The molecule has 1 saturated heterocycles. The van der Waals surface area contributed by atoms with Crippen LogP contribution in [-0.2, 0) is 14.3 Å². The van der Waals surface area contributed by atoms with Gasteiger partial charge in [-0.15, -0.1) is 0 Å². The molecule has 1 amide bonds. The maximum absolute atomic E-state index is 13.1. The lowest BCUT2D eigenvalue weighted by molar-refractivity contribution is -0.303. The van der Waals surface area contributed by atoms with Crippen LogP contribution < -0.4 is 5.32 Å². The van der Waals surface area contributed by atoms with E-state index in [-0.39, 0.29) is 6.42 Å². The average Bonchev–Trinajstić information content (AvgIpc) is 3.23. The van der Waals surface area contributed by atoms with E-state index < -0.39 is 74.2 Å². The van der Waals surface area contributed by atoms with Gasteiger partial charge in [-0.2, -0.15) is 0 Å². The van der Waals surface area contributed by atoms with E-state index in [1.165, 1.54) is 116 Å². The minimum Gasteiger partial charge on any atom is -0.394 e. The van der Waals surface area contributed by atoms with E-state index in [1.54, 1.807) is 0 Å². The quantitative estimate of drug-likeness (QED) is 0.0221. The van der Waals surface area contributed by atoms with Crippen LogP contribution in [-0.4, -0.2) is 110 Å². The highest BCUT2D eigenvalue weighted by molar-refractivity contribution is 5.80. The summed E-state index contributed by atoms with van der Waals surface area (Å²) in [6.45, 7) is 3.41. The molecule has 11 heteroatoms. The minimum atomic E-state index is -1.66. The monoisotopic (exact) mass is 842 g/mol. The standard InChI is InChI=1S/C48H91NO10/c1-3-5-7-9-11-13-15-17-19-20-21-22-24-26-28-30-32-34-36-41(52)47(57)49-39(38-58-48-46(56)45(55)44(54)42(37-50)59-48)43(53)40(51)35-33-31-29-27-25-23-18-16-14-12-10-8-6-4-2/h13,15,18,23,39-46,48,50-56H,3-12,14,16-17,19-22,24-38H2,1-2H3,(H,49,57)/b15-13-,23-18-/t39-,40+,41-,42+,43-,44+,45-,46+,48+/m0/s1. The molecule has 0 saturated carbocycles. The van der Waals surface area contributed by atoms with Crippen LogP contribution >= 0.6 is 0 Å². The lowest BCUT2D eigenvalue weighted by Crippen LogP contribution is -2.60. The topological polar surface area (TPSA) is 189 Å². The van der Waals surface area contributed by atoms with Gasteiger partial charge in [-0.05, 0) is 64.2 Å². The van der Waals surface area contributed by atoms with Crippen LogP contribution in [0.2, 0.25) is 0 Å². The summed E-state index contributed by atoms with van der Waals surface area (Å²) in [5.41, 5.74) is 0. The molecule has 59 heavy (non-hydrogen) atoms. The van der Waals surface area contributed by atoms with Crippen molar-refractivity contribution in [1.29, 1.82) is 0 Å². The molecule has 1 aliphatic rings. The zero-order valence-electron chi connectivity index (χ0n) is 37.5. The van der Waals surface area contributed by atoms with Crippen molar-refractivity contribution in [2.24, 2.45) is 0 Å². The Hall–Kier alpha value is -1.41. The summed E-state index contributed by atoms with van der Waals surface area (Å²) in [6, 6.07) is -1.17. The van der Waals surface area contributed by atoms with Gasteiger partial charge < -0.3 is 50.5 Å². The number of ether oxygens (including phenoxy) is 2. The molecular formula is C48H91NO10. The van der Waals surface area contributed by atoms with Gasteiger partial charge in [-0.1, -0.05) is 167 Å². The SMILES string of the molecule is CCCCCC/C=C\CCCCCCCCCCCC[C@H](O)C(=O)N[C@@H](CO[C@@H]1O[C@H](CO)[C@@H](O)[C@H](O)[C@H]1O)[C@H](O)[C@H](O)CCCCCC/C=C\CCCCCCCC. The number of hydrogen-bond donors (Lipinski definition) is 8. The lowest BCUT2D eigenvalue weighted by Gasteiger charge is -2.40. The van der Waals surface area contributed by atoms with E-state index in [2.05, 4.69) is 43.5 Å². The van der Waals surface area contributed by atoms with E-state index in [0.29, 0.717) is 19.3 Å².